The van der Waals surface area contributed by atoms with Gasteiger partial charge in [0.05, 0.1) is 22.7 Å². The Morgan fingerprint density at radius 1 is 1.00 bits per heavy atom. The molecule has 3 aromatic carbocycles. The summed E-state index contributed by atoms with van der Waals surface area (Å²) < 4.78 is 33.7. The Labute approximate surface area is 233 Å². The Morgan fingerprint density at radius 2 is 1.66 bits per heavy atom. The van der Waals surface area contributed by atoms with Crippen LogP contribution >= 0.6 is 23.2 Å². The van der Waals surface area contributed by atoms with Crippen molar-refractivity contribution in [3.63, 3.8) is 0 Å². The fourth-order valence-electron chi connectivity index (χ4n) is 3.93. The lowest BCUT2D eigenvalue weighted by Crippen LogP contribution is -2.51. The Morgan fingerprint density at radius 3 is 2.21 bits per heavy atom. The number of likely N-dealkylation sites (N-methyl/N-ethyl adjacent to an activating group) is 1. The minimum absolute atomic E-state index is 0.00216. The van der Waals surface area contributed by atoms with Crippen molar-refractivity contribution < 1.29 is 22.7 Å². The number of nitrogens with zero attached hydrogens (tertiary/aromatic N) is 2. The van der Waals surface area contributed by atoms with Crippen LogP contribution < -0.4 is 14.4 Å². The quantitative estimate of drug-likeness (QED) is 0.354. The van der Waals surface area contributed by atoms with Crippen LogP contribution in [0.5, 0.6) is 5.75 Å². The molecule has 38 heavy (non-hydrogen) atoms. The molecule has 0 heterocycles. The van der Waals surface area contributed by atoms with Crippen molar-refractivity contribution in [3.8, 4) is 5.75 Å². The zero-order valence-electron chi connectivity index (χ0n) is 21.2. The Hall–Kier alpha value is -3.27. The molecule has 1 atom stereocenters. The number of sulfonamides is 1. The zero-order chi connectivity index (χ0) is 27.9. The van der Waals surface area contributed by atoms with Gasteiger partial charge in [-0.25, -0.2) is 8.42 Å². The van der Waals surface area contributed by atoms with Gasteiger partial charge in [0.2, 0.25) is 11.8 Å². The summed E-state index contributed by atoms with van der Waals surface area (Å²) in [4.78, 5) is 28.0. The van der Waals surface area contributed by atoms with E-state index in [0.717, 1.165) is 9.87 Å². The number of methoxy groups -OCH3 is 1. The minimum atomic E-state index is -4.19. The summed E-state index contributed by atoms with van der Waals surface area (Å²) in [7, 11) is -1.25. The van der Waals surface area contributed by atoms with Gasteiger partial charge in [-0.15, -0.1) is 0 Å². The van der Waals surface area contributed by atoms with E-state index in [9.17, 15) is 18.0 Å². The van der Waals surface area contributed by atoms with E-state index < -0.39 is 28.5 Å². The minimum Gasteiger partial charge on any atom is -0.495 e. The molecule has 2 amide bonds. The van der Waals surface area contributed by atoms with E-state index in [4.69, 9.17) is 27.9 Å². The first-order valence-corrected chi connectivity index (χ1v) is 14.0. The summed E-state index contributed by atoms with van der Waals surface area (Å²) in [5, 5.41) is 3.30. The molecule has 1 N–H and O–H groups in total. The highest BCUT2D eigenvalue weighted by molar-refractivity contribution is 7.92. The van der Waals surface area contributed by atoms with Crippen molar-refractivity contribution in [1.29, 1.82) is 0 Å². The van der Waals surface area contributed by atoms with Crippen LogP contribution in [0.4, 0.5) is 5.69 Å². The van der Waals surface area contributed by atoms with E-state index in [-0.39, 0.29) is 28.1 Å². The molecule has 3 rings (SSSR count). The molecule has 202 valence electrons. The molecule has 0 aliphatic rings. The van der Waals surface area contributed by atoms with Gasteiger partial charge in [0, 0.05) is 18.6 Å². The van der Waals surface area contributed by atoms with Crippen LogP contribution in [0.1, 0.15) is 18.9 Å². The Bertz CT molecular complexity index is 1370. The van der Waals surface area contributed by atoms with E-state index in [1.54, 1.807) is 49.4 Å². The Kier molecular flexibility index (Phi) is 10.0. The molecular weight excluding hydrogens is 549 g/mol. The van der Waals surface area contributed by atoms with E-state index >= 15 is 0 Å². The van der Waals surface area contributed by atoms with E-state index in [2.05, 4.69) is 5.32 Å². The van der Waals surface area contributed by atoms with E-state index in [1.807, 2.05) is 0 Å². The monoisotopic (exact) mass is 577 g/mol. The van der Waals surface area contributed by atoms with Crippen LogP contribution in [0.15, 0.2) is 77.7 Å². The molecule has 0 fully saturated rings. The third-order valence-corrected chi connectivity index (χ3v) is 8.27. The standard InChI is InChI=1S/C27H29Cl2N3O5S/c1-4-24(27(34)30-2)31(17-19-10-12-20(28)13-11-19)26(33)18-32(21-14-15-25(37-3)23(29)16-21)38(35,36)22-8-6-5-7-9-22/h5-16,24H,4,17-18H2,1-3H3,(H,30,34)/t24-/m1/s1. The van der Waals surface area contributed by atoms with Crippen LogP contribution in [-0.2, 0) is 26.2 Å². The van der Waals surface area contributed by atoms with Crippen LogP contribution in [-0.4, -0.2) is 51.9 Å². The Balaban J connectivity index is 2.07. The normalized spacial score (nSPS) is 11.9. The second-order valence-electron chi connectivity index (χ2n) is 8.33. The predicted molar refractivity (Wildman–Crippen MR) is 149 cm³/mol. The number of rotatable bonds is 11. The number of carbonyl (C=O) groups excluding carboxylic acids is 2. The number of nitrogens with one attached hydrogen (secondary N) is 1. The number of carbonyl (C=O) groups is 2. The van der Waals surface area contributed by atoms with Crippen LogP contribution in [0.25, 0.3) is 0 Å². The zero-order valence-corrected chi connectivity index (χ0v) is 23.6. The molecular formula is C27H29Cl2N3O5S. The van der Waals surface area contributed by atoms with Gasteiger partial charge in [0.25, 0.3) is 10.0 Å². The van der Waals surface area contributed by atoms with Crippen molar-refractivity contribution in [1.82, 2.24) is 10.2 Å². The summed E-state index contributed by atoms with van der Waals surface area (Å²) in [5.74, 6) is -0.574. The number of halogens is 2. The molecule has 0 aliphatic carbocycles. The number of amides is 2. The number of hydrogen-bond acceptors (Lipinski definition) is 5. The van der Waals surface area contributed by atoms with Crippen molar-refractivity contribution in [2.75, 3.05) is 25.0 Å². The maximum Gasteiger partial charge on any atom is 0.264 e. The molecule has 0 aromatic heterocycles. The smallest absolute Gasteiger partial charge is 0.264 e. The summed E-state index contributed by atoms with van der Waals surface area (Å²) in [6.07, 6.45) is 0.318. The fourth-order valence-corrected chi connectivity index (χ4v) is 5.74. The van der Waals surface area contributed by atoms with Crippen LogP contribution in [0.3, 0.4) is 0 Å². The van der Waals surface area contributed by atoms with Gasteiger partial charge in [-0.05, 0) is 54.4 Å². The first kappa shape index (κ1) is 29.3. The maximum absolute atomic E-state index is 13.9. The highest BCUT2D eigenvalue weighted by atomic mass is 35.5. The molecule has 3 aromatic rings. The van der Waals surface area contributed by atoms with E-state index in [1.165, 1.54) is 49.4 Å². The van der Waals surface area contributed by atoms with Gasteiger partial charge in [0.15, 0.2) is 0 Å². The van der Waals surface area contributed by atoms with Gasteiger partial charge >= 0.3 is 0 Å². The number of anilines is 1. The molecule has 0 aliphatic heterocycles. The maximum atomic E-state index is 13.9. The molecule has 0 saturated carbocycles. The molecule has 0 radical (unpaired) electrons. The molecule has 11 heteroatoms. The molecule has 0 unspecified atom stereocenters. The van der Waals surface area contributed by atoms with Gasteiger partial charge in [-0.3, -0.25) is 13.9 Å². The van der Waals surface area contributed by atoms with Crippen molar-refractivity contribution in [3.05, 3.63) is 88.4 Å². The summed E-state index contributed by atoms with van der Waals surface area (Å²) in [6, 6.07) is 18.3. The third-order valence-electron chi connectivity index (χ3n) is 5.93. The van der Waals surface area contributed by atoms with Crippen molar-refractivity contribution in [2.24, 2.45) is 0 Å². The first-order chi connectivity index (χ1) is 18.1. The predicted octanol–water partition coefficient (Wildman–Crippen LogP) is 4.75. The molecule has 0 saturated heterocycles. The summed E-state index contributed by atoms with van der Waals surface area (Å²) in [6.45, 7) is 1.29. The second kappa shape index (κ2) is 13.0. The lowest BCUT2D eigenvalue weighted by Gasteiger charge is -2.33. The highest BCUT2D eigenvalue weighted by Crippen LogP contribution is 2.32. The topological polar surface area (TPSA) is 96.0 Å². The molecule has 0 bridgehead atoms. The lowest BCUT2D eigenvalue weighted by atomic mass is 10.1. The van der Waals surface area contributed by atoms with Gasteiger partial charge in [0.1, 0.15) is 18.3 Å². The highest BCUT2D eigenvalue weighted by Gasteiger charge is 2.33. The molecule has 8 nitrogen and oxygen atoms in total. The average Bonchev–Trinajstić information content (AvgIpc) is 2.92. The average molecular weight is 579 g/mol. The summed E-state index contributed by atoms with van der Waals surface area (Å²) in [5.41, 5.74) is 0.905. The van der Waals surface area contributed by atoms with Gasteiger partial charge in [-0.1, -0.05) is 60.5 Å². The van der Waals surface area contributed by atoms with Crippen molar-refractivity contribution in [2.45, 2.75) is 30.8 Å². The van der Waals surface area contributed by atoms with Crippen molar-refractivity contribution >= 4 is 50.7 Å². The molecule has 0 spiro atoms. The largest absolute Gasteiger partial charge is 0.495 e. The van der Waals surface area contributed by atoms with Crippen LogP contribution in [0, 0.1) is 0 Å². The van der Waals surface area contributed by atoms with Gasteiger partial charge < -0.3 is 15.0 Å². The van der Waals surface area contributed by atoms with E-state index in [0.29, 0.717) is 17.2 Å². The fraction of sp³-hybridized carbons (Fsp3) is 0.259. The number of hydrogen-bond donors (Lipinski definition) is 1. The second-order valence-corrected chi connectivity index (χ2v) is 11.0. The first-order valence-electron chi connectivity index (χ1n) is 11.8. The summed E-state index contributed by atoms with van der Waals surface area (Å²) >= 11 is 12.3. The van der Waals surface area contributed by atoms with Gasteiger partial charge in [-0.2, -0.15) is 0 Å². The third kappa shape index (κ3) is 6.78. The number of ether oxygens (including phenoxy) is 1. The SMILES string of the molecule is CC[C@H](C(=O)NC)N(Cc1ccc(Cl)cc1)C(=O)CN(c1ccc(OC)c(Cl)c1)S(=O)(=O)c1ccccc1. The lowest BCUT2D eigenvalue weighted by molar-refractivity contribution is -0.140. The van der Waals surface area contributed by atoms with Crippen LogP contribution in [0.2, 0.25) is 10.0 Å². The number of benzene rings is 3.